The zero-order valence-electron chi connectivity index (χ0n) is 10.1. The van der Waals surface area contributed by atoms with Crippen LogP contribution in [0.3, 0.4) is 0 Å². The molecule has 0 saturated heterocycles. The summed E-state index contributed by atoms with van der Waals surface area (Å²) >= 11 is 1.36. The number of pyridine rings is 1. The van der Waals surface area contributed by atoms with Crippen molar-refractivity contribution in [2.24, 2.45) is 0 Å². The number of benzene rings is 1. The van der Waals surface area contributed by atoms with Gasteiger partial charge in [-0.15, -0.1) is 0 Å². The molecular weight excluding hydrogens is 265 g/mol. The third-order valence-electron chi connectivity index (χ3n) is 2.75. The van der Waals surface area contributed by atoms with E-state index in [9.17, 15) is 4.39 Å². The van der Waals surface area contributed by atoms with Crippen LogP contribution in [0.5, 0.6) is 5.88 Å². The van der Waals surface area contributed by atoms with E-state index in [0.29, 0.717) is 16.5 Å². The lowest BCUT2D eigenvalue weighted by Crippen LogP contribution is -1.90. The Balaban J connectivity index is 2.27. The molecule has 1 aromatic carbocycles. The molecule has 19 heavy (non-hydrogen) atoms. The number of hydrogen-bond acceptors (Lipinski definition) is 5. The highest BCUT2D eigenvalue weighted by Crippen LogP contribution is 2.37. The Bertz CT molecular complexity index is 739. The number of methoxy groups -OCH3 is 1. The van der Waals surface area contributed by atoms with E-state index < -0.39 is 0 Å². The van der Waals surface area contributed by atoms with Crippen LogP contribution in [0.25, 0.3) is 21.3 Å². The number of nitrogen functional groups attached to an aromatic ring is 1. The first kappa shape index (κ1) is 11.9. The molecule has 2 N–H and O–H groups in total. The summed E-state index contributed by atoms with van der Waals surface area (Å²) in [6.07, 6.45) is 1.69. The largest absolute Gasteiger partial charge is 0.479 e. The Morgan fingerprint density at radius 2 is 2.00 bits per heavy atom. The summed E-state index contributed by atoms with van der Waals surface area (Å²) in [5.41, 5.74) is 8.11. The highest BCUT2D eigenvalue weighted by Gasteiger charge is 2.14. The summed E-state index contributed by atoms with van der Waals surface area (Å²) in [5.74, 6) is 0.166. The second kappa shape index (κ2) is 4.47. The van der Waals surface area contributed by atoms with Gasteiger partial charge in [0.15, 0.2) is 5.13 Å². The molecule has 6 heteroatoms. The Morgan fingerprint density at radius 3 is 2.68 bits per heavy atom. The molecule has 3 rings (SSSR count). The van der Waals surface area contributed by atoms with Crippen LogP contribution in [0.1, 0.15) is 0 Å². The van der Waals surface area contributed by atoms with Crippen molar-refractivity contribution in [1.82, 2.24) is 9.97 Å². The summed E-state index contributed by atoms with van der Waals surface area (Å²) in [4.78, 5) is 8.43. The van der Waals surface area contributed by atoms with Crippen molar-refractivity contribution in [2.75, 3.05) is 12.8 Å². The number of aromatic nitrogens is 2. The molecule has 0 aliphatic heterocycles. The number of ether oxygens (including phenoxy) is 1. The first-order valence-corrected chi connectivity index (χ1v) is 6.35. The lowest BCUT2D eigenvalue weighted by Gasteiger charge is -2.05. The third kappa shape index (κ3) is 2.00. The predicted molar refractivity (Wildman–Crippen MR) is 73.8 cm³/mol. The fourth-order valence-electron chi connectivity index (χ4n) is 1.89. The van der Waals surface area contributed by atoms with Gasteiger partial charge < -0.3 is 10.5 Å². The van der Waals surface area contributed by atoms with Gasteiger partial charge in [0.25, 0.3) is 0 Å². The number of hydrogen-bond donors (Lipinski definition) is 1. The monoisotopic (exact) mass is 275 g/mol. The van der Waals surface area contributed by atoms with Crippen molar-refractivity contribution >= 4 is 26.7 Å². The second-order valence-electron chi connectivity index (χ2n) is 3.92. The average Bonchev–Trinajstić information content (AvgIpc) is 2.80. The highest BCUT2D eigenvalue weighted by molar-refractivity contribution is 7.22. The lowest BCUT2D eigenvalue weighted by molar-refractivity contribution is 0.402. The number of halogens is 1. The zero-order valence-corrected chi connectivity index (χ0v) is 10.9. The van der Waals surface area contributed by atoms with Crippen molar-refractivity contribution in [1.29, 1.82) is 0 Å². The average molecular weight is 275 g/mol. The van der Waals surface area contributed by atoms with E-state index in [1.807, 2.05) is 0 Å². The van der Waals surface area contributed by atoms with E-state index in [1.165, 1.54) is 30.6 Å². The number of anilines is 1. The minimum absolute atomic E-state index is 0.273. The predicted octanol–water partition coefficient (Wildman–Crippen LogP) is 3.09. The van der Waals surface area contributed by atoms with Gasteiger partial charge in [0.2, 0.25) is 5.88 Å². The SMILES string of the molecule is COc1ncc(-c2ccc(F)cc2)c2sc(N)nc12. The molecule has 3 aromatic rings. The van der Waals surface area contributed by atoms with Gasteiger partial charge in [-0.05, 0) is 17.7 Å². The van der Waals surface area contributed by atoms with Gasteiger partial charge in [0, 0.05) is 11.8 Å². The highest BCUT2D eigenvalue weighted by atomic mass is 32.1. The van der Waals surface area contributed by atoms with Crippen LogP contribution in [-0.4, -0.2) is 17.1 Å². The van der Waals surface area contributed by atoms with Gasteiger partial charge in [0.1, 0.15) is 11.3 Å². The van der Waals surface area contributed by atoms with Crippen molar-refractivity contribution in [3.8, 4) is 17.0 Å². The molecule has 96 valence electrons. The quantitative estimate of drug-likeness (QED) is 0.780. The van der Waals surface area contributed by atoms with Crippen LogP contribution < -0.4 is 10.5 Å². The van der Waals surface area contributed by atoms with E-state index in [1.54, 1.807) is 18.3 Å². The number of fused-ring (bicyclic) bond motifs is 1. The summed E-state index contributed by atoms with van der Waals surface area (Å²) in [6.45, 7) is 0. The Kier molecular flexibility index (Phi) is 2.79. The maximum absolute atomic E-state index is 13.0. The lowest BCUT2D eigenvalue weighted by atomic mass is 10.1. The van der Waals surface area contributed by atoms with Gasteiger partial charge in [-0.2, -0.15) is 0 Å². The summed E-state index contributed by atoms with van der Waals surface area (Å²) < 4.78 is 19.0. The number of nitrogens with zero attached hydrogens (tertiary/aromatic N) is 2. The molecular formula is C13H10FN3OS. The Labute approximate surface area is 112 Å². The van der Waals surface area contributed by atoms with E-state index in [0.717, 1.165) is 15.8 Å². The van der Waals surface area contributed by atoms with Crippen LogP contribution >= 0.6 is 11.3 Å². The van der Waals surface area contributed by atoms with Gasteiger partial charge >= 0.3 is 0 Å². The topological polar surface area (TPSA) is 61.0 Å². The van der Waals surface area contributed by atoms with Gasteiger partial charge in [-0.3, -0.25) is 0 Å². The molecule has 0 aliphatic rings. The number of nitrogens with two attached hydrogens (primary N) is 1. The van der Waals surface area contributed by atoms with Crippen molar-refractivity contribution in [3.63, 3.8) is 0 Å². The van der Waals surface area contributed by atoms with Crippen LogP contribution in [-0.2, 0) is 0 Å². The van der Waals surface area contributed by atoms with Crippen LogP contribution in [0.15, 0.2) is 30.5 Å². The zero-order chi connectivity index (χ0) is 13.4. The van der Waals surface area contributed by atoms with Crippen molar-refractivity contribution in [3.05, 3.63) is 36.3 Å². The summed E-state index contributed by atoms with van der Waals surface area (Å²) in [5, 5.41) is 0.449. The second-order valence-corrected chi connectivity index (χ2v) is 4.95. The van der Waals surface area contributed by atoms with E-state index in [2.05, 4.69) is 9.97 Å². The third-order valence-corrected chi connectivity index (χ3v) is 3.67. The first-order chi connectivity index (χ1) is 9.19. The molecule has 4 nitrogen and oxygen atoms in total. The van der Waals surface area contributed by atoms with Gasteiger partial charge in [0.05, 0.1) is 11.8 Å². The molecule has 2 aromatic heterocycles. The summed E-state index contributed by atoms with van der Waals surface area (Å²) in [7, 11) is 1.54. The molecule has 0 bridgehead atoms. The summed E-state index contributed by atoms with van der Waals surface area (Å²) in [6, 6.07) is 6.23. The van der Waals surface area contributed by atoms with Gasteiger partial charge in [-0.25, -0.2) is 14.4 Å². The number of thiazole rings is 1. The minimum atomic E-state index is -0.273. The fourth-order valence-corrected chi connectivity index (χ4v) is 2.75. The molecule has 0 atom stereocenters. The first-order valence-electron chi connectivity index (χ1n) is 5.54. The molecule has 0 saturated carbocycles. The molecule has 0 aliphatic carbocycles. The van der Waals surface area contributed by atoms with E-state index in [-0.39, 0.29) is 5.82 Å². The van der Waals surface area contributed by atoms with E-state index >= 15 is 0 Å². The molecule has 0 fully saturated rings. The normalized spacial score (nSPS) is 10.8. The molecule has 0 radical (unpaired) electrons. The Hall–Kier alpha value is -2.21. The van der Waals surface area contributed by atoms with E-state index in [4.69, 9.17) is 10.5 Å². The molecule has 0 unspecified atom stereocenters. The molecule has 0 amide bonds. The van der Waals surface area contributed by atoms with Crippen molar-refractivity contribution < 1.29 is 9.13 Å². The standard InChI is InChI=1S/C13H10FN3OS/c1-18-12-10-11(19-13(15)17-10)9(6-16-12)7-2-4-8(14)5-3-7/h2-6H,1H3,(H2,15,17). The smallest absolute Gasteiger partial charge is 0.241 e. The molecule has 0 spiro atoms. The molecule has 2 heterocycles. The maximum Gasteiger partial charge on any atom is 0.241 e. The minimum Gasteiger partial charge on any atom is -0.479 e. The van der Waals surface area contributed by atoms with Crippen molar-refractivity contribution in [2.45, 2.75) is 0 Å². The maximum atomic E-state index is 13.0. The van der Waals surface area contributed by atoms with Crippen LogP contribution in [0.4, 0.5) is 9.52 Å². The van der Waals surface area contributed by atoms with Crippen LogP contribution in [0.2, 0.25) is 0 Å². The van der Waals surface area contributed by atoms with Gasteiger partial charge in [-0.1, -0.05) is 23.5 Å². The Morgan fingerprint density at radius 1 is 1.26 bits per heavy atom. The fraction of sp³-hybridized carbons (Fsp3) is 0.0769. The van der Waals surface area contributed by atoms with Crippen LogP contribution in [0, 0.1) is 5.82 Å². The number of rotatable bonds is 2.